The largest absolute Gasteiger partial charge is 0.478 e. The molecule has 27 heavy (non-hydrogen) atoms. The van der Waals surface area contributed by atoms with E-state index in [0.29, 0.717) is 43.2 Å². The highest BCUT2D eigenvalue weighted by atomic mass is 16.5. The number of nitrogens with zero attached hydrogens (tertiary/aromatic N) is 2. The fourth-order valence-corrected chi connectivity index (χ4v) is 3.43. The van der Waals surface area contributed by atoms with Gasteiger partial charge in [0.05, 0.1) is 17.7 Å². The molecule has 7 nitrogen and oxygen atoms in total. The Kier molecular flexibility index (Phi) is 4.87. The summed E-state index contributed by atoms with van der Waals surface area (Å²) >= 11 is 0. The number of fused-ring (bicyclic) bond motifs is 3. The zero-order valence-corrected chi connectivity index (χ0v) is 14.8. The highest BCUT2D eigenvalue weighted by Gasteiger charge is 2.25. The van der Waals surface area contributed by atoms with Crippen molar-refractivity contribution in [2.75, 3.05) is 19.8 Å². The molecule has 0 atom stereocenters. The van der Waals surface area contributed by atoms with E-state index in [4.69, 9.17) is 15.2 Å². The second kappa shape index (κ2) is 7.46. The van der Waals surface area contributed by atoms with Gasteiger partial charge in [-0.1, -0.05) is 6.07 Å². The number of ether oxygens (including phenoxy) is 2. The molecule has 0 amide bonds. The Morgan fingerprint density at radius 2 is 2.04 bits per heavy atom. The van der Waals surface area contributed by atoms with Gasteiger partial charge in [-0.3, -0.25) is 4.98 Å². The van der Waals surface area contributed by atoms with E-state index >= 15 is 0 Å². The number of aromatic carboxylic acids is 1. The molecule has 0 aliphatic heterocycles. The standard InChI is InChI=1S/C20H21N3O4/c21-14-7-12(8-14)11-26-5-6-27-19-16-3-4-22-10-17(16)15-2-1-13(20(24)25)9-18(15)23-19/h1-4,9-10,12,14H,5-8,11,21H2,(H,24,25). The lowest BCUT2D eigenvalue weighted by Crippen LogP contribution is -2.38. The van der Waals surface area contributed by atoms with Crippen molar-refractivity contribution in [3.05, 3.63) is 42.2 Å². The van der Waals surface area contributed by atoms with E-state index in [1.165, 1.54) is 0 Å². The third kappa shape index (κ3) is 3.70. The minimum absolute atomic E-state index is 0.186. The van der Waals surface area contributed by atoms with Crippen LogP contribution >= 0.6 is 0 Å². The maximum Gasteiger partial charge on any atom is 0.335 e. The van der Waals surface area contributed by atoms with Crippen LogP contribution in [0.2, 0.25) is 0 Å². The summed E-state index contributed by atoms with van der Waals surface area (Å²) < 4.78 is 11.5. The molecule has 7 heteroatoms. The van der Waals surface area contributed by atoms with Gasteiger partial charge in [0.1, 0.15) is 6.61 Å². The highest BCUT2D eigenvalue weighted by molar-refractivity contribution is 6.08. The lowest BCUT2D eigenvalue weighted by atomic mass is 9.82. The van der Waals surface area contributed by atoms with Gasteiger partial charge < -0.3 is 20.3 Å². The number of aromatic nitrogens is 2. The zero-order chi connectivity index (χ0) is 18.8. The zero-order valence-electron chi connectivity index (χ0n) is 14.8. The molecule has 1 aliphatic carbocycles. The number of hydrogen-bond donors (Lipinski definition) is 2. The average Bonchev–Trinajstić information content (AvgIpc) is 2.65. The number of pyridine rings is 2. The van der Waals surface area contributed by atoms with Gasteiger partial charge in [-0.15, -0.1) is 0 Å². The monoisotopic (exact) mass is 367 g/mol. The van der Waals surface area contributed by atoms with Crippen molar-refractivity contribution < 1.29 is 19.4 Å². The maximum absolute atomic E-state index is 11.2. The Hall–Kier alpha value is -2.77. The molecule has 140 valence electrons. The summed E-state index contributed by atoms with van der Waals surface area (Å²) in [7, 11) is 0. The molecule has 1 fully saturated rings. The third-order valence-corrected chi connectivity index (χ3v) is 4.90. The lowest BCUT2D eigenvalue weighted by Gasteiger charge is -2.31. The van der Waals surface area contributed by atoms with Gasteiger partial charge in [0.15, 0.2) is 0 Å². The van der Waals surface area contributed by atoms with Crippen LogP contribution < -0.4 is 10.5 Å². The Bertz CT molecular complexity index is 986. The average molecular weight is 367 g/mol. The van der Waals surface area contributed by atoms with Crippen molar-refractivity contribution in [1.82, 2.24) is 9.97 Å². The van der Waals surface area contributed by atoms with Crippen LogP contribution in [-0.4, -0.2) is 46.9 Å². The van der Waals surface area contributed by atoms with Gasteiger partial charge in [0, 0.05) is 41.2 Å². The fraction of sp³-hybridized carbons (Fsp3) is 0.350. The van der Waals surface area contributed by atoms with Crippen molar-refractivity contribution >= 4 is 27.6 Å². The molecular weight excluding hydrogens is 346 g/mol. The van der Waals surface area contributed by atoms with Crippen LogP contribution in [0.25, 0.3) is 21.7 Å². The van der Waals surface area contributed by atoms with Crippen LogP contribution in [-0.2, 0) is 4.74 Å². The molecule has 4 rings (SSSR count). The Labute approximate surface area is 156 Å². The molecule has 0 radical (unpaired) electrons. The molecular formula is C20H21N3O4. The number of rotatable bonds is 7. The first kappa shape index (κ1) is 17.6. The fourth-order valence-electron chi connectivity index (χ4n) is 3.43. The molecule has 3 aromatic rings. The smallest absolute Gasteiger partial charge is 0.335 e. The summed E-state index contributed by atoms with van der Waals surface area (Å²) in [5, 5.41) is 11.8. The van der Waals surface area contributed by atoms with Gasteiger partial charge in [-0.05, 0) is 37.0 Å². The van der Waals surface area contributed by atoms with Gasteiger partial charge in [0.25, 0.3) is 0 Å². The van der Waals surface area contributed by atoms with Gasteiger partial charge in [-0.25, -0.2) is 9.78 Å². The van der Waals surface area contributed by atoms with E-state index in [9.17, 15) is 9.90 Å². The SMILES string of the molecule is NC1CC(COCCOc2nc3cc(C(=O)O)ccc3c3cnccc23)C1. The topological polar surface area (TPSA) is 108 Å². The van der Waals surface area contributed by atoms with E-state index in [0.717, 1.165) is 29.0 Å². The maximum atomic E-state index is 11.2. The van der Waals surface area contributed by atoms with E-state index in [1.54, 1.807) is 30.6 Å². The Morgan fingerprint density at radius 3 is 2.81 bits per heavy atom. The first-order chi connectivity index (χ1) is 13.1. The quantitative estimate of drug-likeness (QED) is 0.488. The molecule has 3 N–H and O–H groups in total. The van der Waals surface area contributed by atoms with E-state index in [1.807, 2.05) is 6.07 Å². The Morgan fingerprint density at radius 1 is 1.19 bits per heavy atom. The van der Waals surface area contributed by atoms with Crippen LogP contribution in [0, 0.1) is 5.92 Å². The van der Waals surface area contributed by atoms with Crippen LogP contribution in [0.1, 0.15) is 23.2 Å². The van der Waals surface area contributed by atoms with Gasteiger partial charge >= 0.3 is 5.97 Å². The van der Waals surface area contributed by atoms with E-state index in [2.05, 4.69) is 9.97 Å². The number of nitrogens with two attached hydrogens (primary N) is 1. The number of hydrogen-bond acceptors (Lipinski definition) is 6. The number of carboxylic acid groups (broad SMARTS) is 1. The van der Waals surface area contributed by atoms with Crippen molar-refractivity contribution in [3.63, 3.8) is 0 Å². The molecule has 0 saturated heterocycles. The van der Waals surface area contributed by atoms with Crippen LogP contribution in [0.15, 0.2) is 36.7 Å². The van der Waals surface area contributed by atoms with Gasteiger partial charge in [-0.2, -0.15) is 0 Å². The predicted octanol–water partition coefficient (Wildman–Crippen LogP) is 2.61. The molecule has 1 saturated carbocycles. The Balaban J connectivity index is 1.52. The summed E-state index contributed by atoms with van der Waals surface area (Å²) in [6, 6.07) is 7.05. The lowest BCUT2D eigenvalue weighted by molar-refractivity contribution is 0.0447. The van der Waals surface area contributed by atoms with Crippen LogP contribution in [0.3, 0.4) is 0 Å². The normalized spacial score (nSPS) is 19.1. The summed E-state index contributed by atoms with van der Waals surface area (Å²) in [5.74, 6) is 0.0217. The summed E-state index contributed by atoms with van der Waals surface area (Å²) in [4.78, 5) is 20.0. The molecule has 1 aromatic carbocycles. The summed E-state index contributed by atoms with van der Waals surface area (Å²) in [6.45, 7) is 1.54. The first-order valence-electron chi connectivity index (χ1n) is 8.98. The number of carbonyl (C=O) groups is 1. The highest BCUT2D eigenvalue weighted by Crippen LogP contribution is 2.30. The third-order valence-electron chi connectivity index (χ3n) is 4.90. The predicted molar refractivity (Wildman–Crippen MR) is 101 cm³/mol. The second-order valence-electron chi connectivity index (χ2n) is 6.90. The van der Waals surface area contributed by atoms with Crippen molar-refractivity contribution in [3.8, 4) is 5.88 Å². The minimum atomic E-state index is -0.989. The van der Waals surface area contributed by atoms with Crippen molar-refractivity contribution in [2.24, 2.45) is 11.7 Å². The second-order valence-corrected chi connectivity index (χ2v) is 6.90. The minimum Gasteiger partial charge on any atom is -0.478 e. The van der Waals surface area contributed by atoms with Crippen LogP contribution in [0.4, 0.5) is 0 Å². The number of benzene rings is 1. The molecule has 0 spiro atoms. The van der Waals surface area contributed by atoms with Crippen molar-refractivity contribution in [2.45, 2.75) is 18.9 Å². The molecule has 0 bridgehead atoms. The molecule has 2 heterocycles. The first-order valence-corrected chi connectivity index (χ1v) is 8.98. The molecule has 1 aliphatic rings. The molecule has 2 aromatic heterocycles. The summed E-state index contributed by atoms with van der Waals surface area (Å²) in [5.41, 5.74) is 6.52. The van der Waals surface area contributed by atoms with Gasteiger partial charge in [0.2, 0.25) is 5.88 Å². The van der Waals surface area contributed by atoms with Crippen molar-refractivity contribution in [1.29, 1.82) is 0 Å². The molecule has 0 unspecified atom stereocenters. The number of carboxylic acids is 1. The van der Waals surface area contributed by atoms with E-state index < -0.39 is 5.97 Å². The van der Waals surface area contributed by atoms with Crippen LogP contribution in [0.5, 0.6) is 5.88 Å². The van der Waals surface area contributed by atoms with E-state index in [-0.39, 0.29) is 5.56 Å². The summed E-state index contributed by atoms with van der Waals surface area (Å²) in [6.07, 6.45) is 5.47.